The summed E-state index contributed by atoms with van der Waals surface area (Å²) in [4.78, 5) is 14.8. The maximum absolute atomic E-state index is 13.7. The molecule has 6 nitrogen and oxygen atoms in total. The molecule has 1 saturated heterocycles. The predicted octanol–water partition coefficient (Wildman–Crippen LogP) is 4.76. The van der Waals surface area contributed by atoms with Gasteiger partial charge in [0.05, 0.1) is 22.8 Å². The minimum absolute atomic E-state index is 0.0128. The topological polar surface area (TPSA) is 66.9 Å². The molecule has 0 N–H and O–H groups in total. The van der Waals surface area contributed by atoms with Gasteiger partial charge < -0.3 is 9.64 Å². The summed E-state index contributed by atoms with van der Waals surface area (Å²) in [5.41, 5.74) is 1.02. The van der Waals surface area contributed by atoms with E-state index < -0.39 is 10.0 Å². The number of amides is 1. The minimum atomic E-state index is -4.13. The highest BCUT2D eigenvalue weighted by Gasteiger charge is 2.32. The van der Waals surface area contributed by atoms with E-state index in [-0.39, 0.29) is 33.8 Å². The highest BCUT2D eigenvalue weighted by atomic mass is 35.5. The van der Waals surface area contributed by atoms with Gasteiger partial charge in [-0.15, -0.1) is 0 Å². The molecule has 31 heavy (non-hydrogen) atoms. The van der Waals surface area contributed by atoms with Crippen molar-refractivity contribution in [3.63, 3.8) is 0 Å². The number of hydrogen-bond acceptors (Lipinski definition) is 4. The fourth-order valence-corrected chi connectivity index (χ4v) is 5.48. The van der Waals surface area contributed by atoms with Crippen molar-refractivity contribution >= 4 is 44.8 Å². The van der Waals surface area contributed by atoms with Crippen LogP contribution in [0.5, 0.6) is 5.75 Å². The third-order valence-corrected chi connectivity index (χ3v) is 8.03. The Morgan fingerprint density at radius 3 is 2.42 bits per heavy atom. The fraction of sp³-hybridized carbons (Fsp3) is 0.409. The van der Waals surface area contributed by atoms with Gasteiger partial charge in [0, 0.05) is 13.1 Å². The molecule has 0 saturated carbocycles. The average molecular weight is 485 g/mol. The smallest absolute Gasteiger partial charge is 0.268 e. The Morgan fingerprint density at radius 1 is 1.13 bits per heavy atom. The summed E-state index contributed by atoms with van der Waals surface area (Å²) in [6.45, 7) is 4.83. The van der Waals surface area contributed by atoms with Crippen LogP contribution in [0.2, 0.25) is 10.0 Å². The number of methoxy groups -OCH3 is 1. The third-order valence-electron chi connectivity index (χ3n) is 5.49. The molecule has 9 heteroatoms. The van der Waals surface area contributed by atoms with Gasteiger partial charge in [-0.3, -0.25) is 9.10 Å². The van der Waals surface area contributed by atoms with Crippen molar-refractivity contribution in [2.24, 2.45) is 5.92 Å². The quantitative estimate of drug-likeness (QED) is 0.592. The number of sulfonamides is 1. The molecule has 0 aromatic heterocycles. The zero-order valence-corrected chi connectivity index (χ0v) is 20.1. The summed E-state index contributed by atoms with van der Waals surface area (Å²) in [6, 6.07) is 9.41. The highest BCUT2D eigenvalue weighted by Crippen LogP contribution is 2.34. The van der Waals surface area contributed by atoms with E-state index in [1.165, 1.54) is 25.3 Å². The number of rotatable bonds is 6. The van der Waals surface area contributed by atoms with Crippen molar-refractivity contribution in [1.29, 1.82) is 0 Å². The first kappa shape index (κ1) is 23.7. The molecule has 1 aliphatic heterocycles. The van der Waals surface area contributed by atoms with E-state index in [0.717, 1.165) is 22.7 Å². The van der Waals surface area contributed by atoms with Crippen LogP contribution in [0.15, 0.2) is 41.3 Å². The number of nitrogens with zero attached hydrogens (tertiary/aromatic N) is 2. The van der Waals surface area contributed by atoms with Gasteiger partial charge in [0.1, 0.15) is 17.2 Å². The predicted molar refractivity (Wildman–Crippen MR) is 124 cm³/mol. The number of hydrogen-bond donors (Lipinski definition) is 0. The number of likely N-dealkylation sites (tertiary alicyclic amines) is 1. The zero-order valence-electron chi connectivity index (χ0n) is 17.8. The lowest BCUT2D eigenvalue weighted by Gasteiger charge is -2.33. The number of benzene rings is 2. The Labute approximate surface area is 193 Å². The van der Waals surface area contributed by atoms with Crippen LogP contribution in [-0.4, -0.2) is 46.0 Å². The second-order valence-corrected chi connectivity index (χ2v) is 10.5. The van der Waals surface area contributed by atoms with Gasteiger partial charge in [-0.1, -0.05) is 36.2 Å². The number of piperidine rings is 1. The minimum Gasteiger partial charge on any atom is -0.495 e. The van der Waals surface area contributed by atoms with E-state index in [9.17, 15) is 13.2 Å². The lowest BCUT2D eigenvalue weighted by atomic mass is 9.99. The second-order valence-electron chi connectivity index (χ2n) is 7.83. The summed E-state index contributed by atoms with van der Waals surface area (Å²) < 4.78 is 33.8. The van der Waals surface area contributed by atoms with Crippen molar-refractivity contribution in [3.8, 4) is 5.75 Å². The molecule has 1 amide bonds. The van der Waals surface area contributed by atoms with E-state index in [1.54, 1.807) is 30.0 Å². The molecular formula is C22H26Cl2N2O4S. The number of aryl methyl sites for hydroxylation is 1. The molecule has 0 spiro atoms. The Kier molecular flexibility index (Phi) is 7.39. The molecule has 0 radical (unpaired) electrons. The molecule has 0 unspecified atom stereocenters. The van der Waals surface area contributed by atoms with Gasteiger partial charge in [0.2, 0.25) is 5.91 Å². The van der Waals surface area contributed by atoms with E-state index in [2.05, 4.69) is 6.92 Å². The van der Waals surface area contributed by atoms with Gasteiger partial charge in [-0.05, 0) is 61.6 Å². The molecule has 1 heterocycles. The number of carbonyl (C=O) groups excluding carboxylic acids is 1. The van der Waals surface area contributed by atoms with E-state index in [4.69, 9.17) is 27.9 Å². The fourth-order valence-electron chi connectivity index (χ4n) is 3.54. The SMILES string of the molecule is COc1ccc(C)cc1S(=O)(=O)N(CC(=O)N1CCC(C)CC1)c1ccc(Cl)c(Cl)c1. The molecule has 1 fully saturated rings. The van der Waals surface area contributed by atoms with Crippen LogP contribution in [0.1, 0.15) is 25.3 Å². The van der Waals surface area contributed by atoms with Crippen molar-refractivity contribution < 1.29 is 17.9 Å². The first-order chi connectivity index (χ1) is 14.6. The van der Waals surface area contributed by atoms with Crippen LogP contribution >= 0.6 is 23.2 Å². The average Bonchev–Trinajstić information content (AvgIpc) is 2.74. The zero-order chi connectivity index (χ0) is 22.8. The van der Waals surface area contributed by atoms with Crippen LogP contribution in [-0.2, 0) is 14.8 Å². The van der Waals surface area contributed by atoms with Crippen LogP contribution in [0.3, 0.4) is 0 Å². The summed E-state index contributed by atoms with van der Waals surface area (Å²) in [5, 5.41) is 0.502. The van der Waals surface area contributed by atoms with E-state index in [1.807, 2.05) is 0 Å². The maximum atomic E-state index is 13.7. The maximum Gasteiger partial charge on any atom is 0.268 e. The van der Waals surface area contributed by atoms with E-state index >= 15 is 0 Å². The molecule has 0 bridgehead atoms. The van der Waals surface area contributed by atoms with Crippen molar-refractivity contribution in [3.05, 3.63) is 52.0 Å². The van der Waals surface area contributed by atoms with Gasteiger partial charge in [0.15, 0.2) is 0 Å². The monoisotopic (exact) mass is 484 g/mol. The third kappa shape index (κ3) is 5.27. The summed E-state index contributed by atoms with van der Waals surface area (Å²) in [7, 11) is -2.72. The van der Waals surface area contributed by atoms with Crippen LogP contribution in [0.25, 0.3) is 0 Å². The van der Waals surface area contributed by atoms with Crippen molar-refractivity contribution in [2.45, 2.75) is 31.6 Å². The molecule has 1 aliphatic rings. The van der Waals surface area contributed by atoms with Gasteiger partial charge in [-0.2, -0.15) is 0 Å². The Hall–Kier alpha value is -1.96. The Bertz CT molecular complexity index is 1070. The van der Waals surface area contributed by atoms with Gasteiger partial charge in [-0.25, -0.2) is 8.42 Å². The molecule has 168 valence electrons. The lowest BCUT2D eigenvalue weighted by molar-refractivity contribution is -0.130. The highest BCUT2D eigenvalue weighted by molar-refractivity contribution is 7.93. The molecular weight excluding hydrogens is 459 g/mol. The molecule has 0 aliphatic carbocycles. The lowest BCUT2D eigenvalue weighted by Crippen LogP contribution is -2.45. The van der Waals surface area contributed by atoms with Gasteiger partial charge in [0.25, 0.3) is 10.0 Å². The Morgan fingerprint density at radius 2 is 1.81 bits per heavy atom. The number of carbonyl (C=O) groups is 1. The number of ether oxygens (including phenoxy) is 1. The molecule has 3 rings (SSSR count). The summed E-state index contributed by atoms with van der Waals surface area (Å²) in [6.07, 6.45) is 1.80. The summed E-state index contributed by atoms with van der Waals surface area (Å²) in [5.74, 6) is 0.499. The number of anilines is 1. The first-order valence-corrected chi connectivity index (χ1v) is 12.2. The van der Waals surface area contributed by atoms with Crippen LogP contribution < -0.4 is 9.04 Å². The van der Waals surface area contributed by atoms with E-state index in [0.29, 0.717) is 24.0 Å². The molecule has 2 aromatic carbocycles. The Balaban J connectivity index is 2.04. The number of halogens is 2. The standard InChI is InChI=1S/C22H26Cl2N2O4S/c1-15-8-10-25(11-9-15)22(27)14-26(17-5-6-18(23)19(24)13-17)31(28,29)21-12-16(2)4-7-20(21)30-3/h4-7,12-13,15H,8-11,14H2,1-3H3. The first-order valence-electron chi connectivity index (χ1n) is 10.0. The molecule has 2 aromatic rings. The largest absolute Gasteiger partial charge is 0.495 e. The normalized spacial score (nSPS) is 15.1. The molecule has 0 atom stereocenters. The van der Waals surface area contributed by atoms with Crippen LogP contribution in [0.4, 0.5) is 5.69 Å². The van der Waals surface area contributed by atoms with Crippen molar-refractivity contribution in [2.75, 3.05) is 31.0 Å². The van der Waals surface area contributed by atoms with Crippen LogP contribution in [0, 0.1) is 12.8 Å². The summed E-state index contributed by atoms with van der Waals surface area (Å²) >= 11 is 12.2. The van der Waals surface area contributed by atoms with Crippen molar-refractivity contribution in [1.82, 2.24) is 4.90 Å². The van der Waals surface area contributed by atoms with Gasteiger partial charge >= 0.3 is 0 Å². The second kappa shape index (κ2) is 9.67.